The van der Waals surface area contributed by atoms with Crippen molar-refractivity contribution < 1.29 is 9.90 Å². The van der Waals surface area contributed by atoms with Gasteiger partial charge in [0.25, 0.3) is 0 Å². The van der Waals surface area contributed by atoms with Gasteiger partial charge in [0.1, 0.15) is 5.82 Å². The highest BCUT2D eigenvalue weighted by Crippen LogP contribution is 2.24. The van der Waals surface area contributed by atoms with Crippen LogP contribution in [0.2, 0.25) is 0 Å². The van der Waals surface area contributed by atoms with Gasteiger partial charge in [-0.25, -0.2) is 14.5 Å². The van der Waals surface area contributed by atoms with E-state index < -0.39 is 5.97 Å². The molecule has 0 saturated heterocycles. The number of carbonyl (C=O) groups is 1. The Morgan fingerprint density at radius 1 is 1.14 bits per heavy atom. The number of aromatic nitrogens is 4. The van der Waals surface area contributed by atoms with Gasteiger partial charge in [0.2, 0.25) is 0 Å². The van der Waals surface area contributed by atoms with Crippen LogP contribution in [0.25, 0.3) is 11.1 Å². The monoisotopic (exact) mass is 378 g/mol. The molecule has 0 radical (unpaired) electrons. The Morgan fingerprint density at radius 3 is 2.46 bits per heavy atom. The van der Waals surface area contributed by atoms with Crippen LogP contribution in [0.4, 0.5) is 0 Å². The Labute approximate surface area is 165 Å². The van der Waals surface area contributed by atoms with Gasteiger partial charge in [0.05, 0.1) is 12.1 Å². The summed E-state index contributed by atoms with van der Waals surface area (Å²) in [4.78, 5) is 20.1. The summed E-state index contributed by atoms with van der Waals surface area (Å²) in [5.74, 6) is 0.878. The number of rotatable bonds is 6. The summed E-state index contributed by atoms with van der Waals surface area (Å²) in [5.41, 5.74) is 2.72. The fourth-order valence-corrected chi connectivity index (χ4v) is 3.01. The van der Waals surface area contributed by atoms with E-state index in [0.717, 1.165) is 35.6 Å². The third kappa shape index (κ3) is 4.27. The molecule has 1 N–H and O–H groups in total. The molecular weight excluding hydrogens is 352 g/mol. The molecule has 2 heterocycles. The number of benzene rings is 1. The topological polar surface area (TPSA) is 80.9 Å². The van der Waals surface area contributed by atoms with Gasteiger partial charge >= 0.3 is 5.97 Å². The van der Waals surface area contributed by atoms with Crippen molar-refractivity contribution in [3.63, 3.8) is 0 Å². The molecule has 0 aliphatic carbocycles. The van der Waals surface area contributed by atoms with Gasteiger partial charge in [-0.1, -0.05) is 52.0 Å². The number of aryl methyl sites for hydroxylation is 1. The smallest absolute Gasteiger partial charge is 0.337 e. The van der Waals surface area contributed by atoms with E-state index in [1.54, 1.807) is 12.3 Å². The Hall–Kier alpha value is -3.02. The number of pyridine rings is 1. The van der Waals surface area contributed by atoms with E-state index >= 15 is 0 Å². The van der Waals surface area contributed by atoms with E-state index in [9.17, 15) is 9.90 Å². The molecule has 0 spiro atoms. The van der Waals surface area contributed by atoms with Crippen molar-refractivity contribution in [3.8, 4) is 11.1 Å². The van der Waals surface area contributed by atoms with Crippen molar-refractivity contribution in [2.75, 3.05) is 0 Å². The lowest BCUT2D eigenvalue weighted by molar-refractivity contribution is 0.0697. The first kappa shape index (κ1) is 19.7. The number of hydrogen-bond acceptors (Lipinski definition) is 4. The molecule has 2 aromatic heterocycles. The molecule has 0 amide bonds. The van der Waals surface area contributed by atoms with Crippen molar-refractivity contribution in [2.24, 2.45) is 0 Å². The maximum atomic E-state index is 11.4. The normalized spacial score (nSPS) is 11.6. The predicted molar refractivity (Wildman–Crippen MR) is 108 cm³/mol. The summed E-state index contributed by atoms with van der Waals surface area (Å²) in [7, 11) is 0. The summed E-state index contributed by atoms with van der Waals surface area (Å²) < 4.78 is 1.98. The summed E-state index contributed by atoms with van der Waals surface area (Å²) in [6, 6.07) is 9.63. The zero-order valence-corrected chi connectivity index (χ0v) is 16.8. The van der Waals surface area contributed by atoms with Crippen LogP contribution in [-0.4, -0.2) is 30.8 Å². The predicted octanol–water partition coefficient (Wildman–Crippen LogP) is 4.34. The third-order valence-corrected chi connectivity index (χ3v) is 4.54. The summed E-state index contributed by atoms with van der Waals surface area (Å²) in [6.45, 7) is 9.13. The molecule has 6 heteroatoms. The zero-order valence-electron chi connectivity index (χ0n) is 16.8. The molecule has 3 rings (SSSR count). The molecule has 0 aliphatic heterocycles. The van der Waals surface area contributed by atoms with E-state index in [-0.39, 0.29) is 11.0 Å². The highest BCUT2D eigenvalue weighted by Gasteiger charge is 2.21. The van der Waals surface area contributed by atoms with Gasteiger partial charge < -0.3 is 5.11 Å². The van der Waals surface area contributed by atoms with Crippen molar-refractivity contribution in [1.29, 1.82) is 0 Å². The van der Waals surface area contributed by atoms with Crippen LogP contribution in [0.5, 0.6) is 0 Å². The minimum Gasteiger partial charge on any atom is -0.478 e. The molecule has 146 valence electrons. The molecular formula is C22H26N4O2. The fraction of sp³-hybridized carbons (Fsp3) is 0.364. The average molecular weight is 378 g/mol. The van der Waals surface area contributed by atoms with Gasteiger partial charge in [0.15, 0.2) is 5.82 Å². The van der Waals surface area contributed by atoms with Crippen LogP contribution >= 0.6 is 0 Å². The molecule has 0 unspecified atom stereocenters. The van der Waals surface area contributed by atoms with Crippen LogP contribution in [0.15, 0.2) is 42.7 Å². The average Bonchev–Trinajstić information content (AvgIpc) is 3.06. The van der Waals surface area contributed by atoms with Crippen molar-refractivity contribution in [1.82, 2.24) is 19.7 Å². The van der Waals surface area contributed by atoms with E-state index in [1.807, 2.05) is 28.9 Å². The van der Waals surface area contributed by atoms with Crippen molar-refractivity contribution in [2.45, 2.75) is 52.5 Å². The van der Waals surface area contributed by atoms with Crippen molar-refractivity contribution in [3.05, 3.63) is 65.5 Å². The fourth-order valence-electron chi connectivity index (χ4n) is 3.01. The Bertz CT molecular complexity index is 969. The van der Waals surface area contributed by atoms with Gasteiger partial charge in [-0.2, -0.15) is 5.10 Å². The quantitative estimate of drug-likeness (QED) is 0.690. The lowest BCUT2D eigenvalue weighted by Crippen LogP contribution is -2.14. The van der Waals surface area contributed by atoms with E-state index in [2.05, 4.69) is 32.7 Å². The Balaban J connectivity index is 1.88. The van der Waals surface area contributed by atoms with Crippen LogP contribution in [0.1, 0.15) is 61.7 Å². The second kappa shape index (κ2) is 7.92. The molecule has 3 aromatic rings. The lowest BCUT2D eigenvalue weighted by atomic mass is 9.96. The third-order valence-electron chi connectivity index (χ3n) is 4.54. The number of hydrogen-bond donors (Lipinski definition) is 1. The Morgan fingerprint density at radius 2 is 1.86 bits per heavy atom. The lowest BCUT2D eigenvalue weighted by Gasteiger charge is -2.12. The summed E-state index contributed by atoms with van der Waals surface area (Å²) >= 11 is 0. The van der Waals surface area contributed by atoms with Gasteiger partial charge in [0, 0.05) is 24.2 Å². The molecule has 0 fully saturated rings. The number of nitrogens with zero attached hydrogens (tertiary/aromatic N) is 4. The SMILES string of the molecule is CCCc1nc(C(C)(C)C)nn1Cc1ccc(-c2ccncc2C(=O)O)cc1. The van der Waals surface area contributed by atoms with E-state index in [4.69, 9.17) is 10.1 Å². The second-order valence-corrected chi connectivity index (χ2v) is 7.93. The molecule has 1 aromatic carbocycles. The first-order chi connectivity index (χ1) is 13.3. The first-order valence-corrected chi connectivity index (χ1v) is 9.50. The minimum atomic E-state index is -0.978. The van der Waals surface area contributed by atoms with Crippen LogP contribution in [-0.2, 0) is 18.4 Å². The van der Waals surface area contributed by atoms with Crippen LogP contribution < -0.4 is 0 Å². The van der Waals surface area contributed by atoms with Gasteiger partial charge in [-0.05, 0) is 29.2 Å². The zero-order chi connectivity index (χ0) is 20.3. The van der Waals surface area contributed by atoms with Gasteiger partial charge in [-0.15, -0.1) is 0 Å². The molecule has 0 aliphatic rings. The number of aromatic carboxylic acids is 1. The van der Waals surface area contributed by atoms with Gasteiger partial charge in [-0.3, -0.25) is 4.98 Å². The largest absolute Gasteiger partial charge is 0.478 e. The van der Waals surface area contributed by atoms with E-state index in [1.165, 1.54) is 6.20 Å². The molecule has 0 bridgehead atoms. The molecule has 0 saturated carbocycles. The van der Waals surface area contributed by atoms with Crippen molar-refractivity contribution >= 4 is 5.97 Å². The summed E-state index contributed by atoms with van der Waals surface area (Å²) in [5, 5.41) is 14.1. The maximum Gasteiger partial charge on any atom is 0.337 e. The van der Waals surface area contributed by atoms with Crippen LogP contribution in [0, 0.1) is 0 Å². The van der Waals surface area contributed by atoms with Crippen LogP contribution in [0.3, 0.4) is 0 Å². The molecule has 0 atom stereocenters. The molecule has 28 heavy (non-hydrogen) atoms. The second-order valence-electron chi connectivity index (χ2n) is 7.93. The number of carboxylic acids is 1. The molecule has 6 nitrogen and oxygen atoms in total. The maximum absolute atomic E-state index is 11.4. The number of carboxylic acid groups (broad SMARTS) is 1. The Kier molecular flexibility index (Phi) is 5.58. The van der Waals surface area contributed by atoms with E-state index in [0.29, 0.717) is 12.1 Å². The first-order valence-electron chi connectivity index (χ1n) is 9.50. The highest BCUT2D eigenvalue weighted by molar-refractivity contribution is 5.95. The standard InChI is InChI=1S/C22H26N4O2/c1-5-6-19-24-21(22(2,3)4)25-26(19)14-15-7-9-16(10-8-15)17-11-12-23-13-18(17)20(27)28/h7-13H,5-6,14H2,1-4H3,(H,27,28). The summed E-state index contributed by atoms with van der Waals surface area (Å²) in [6.07, 6.45) is 4.89. The minimum absolute atomic E-state index is 0.0911. The highest BCUT2D eigenvalue weighted by atomic mass is 16.4.